The molecule has 0 aliphatic rings. The van der Waals surface area contributed by atoms with Crippen molar-refractivity contribution in [2.24, 2.45) is 11.5 Å². The highest BCUT2D eigenvalue weighted by atomic mass is 16.4. The van der Waals surface area contributed by atoms with Gasteiger partial charge in [0.25, 0.3) is 0 Å². The first-order valence-electron chi connectivity index (χ1n) is 8.69. The fourth-order valence-corrected chi connectivity index (χ4v) is 2.71. The zero-order valence-corrected chi connectivity index (χ0v) is 15.1. The molecule has 0 spiro atoms. The zero-order chi connectivity index (χ0) is 20.4. The molecular weight excluding hydrogens is 354 g/mol. The van der Waals surface area contributed by atoms with E-state index in [4.69, 9.17) is 16.6 Å². The van der Waals surface area contributed by atoms with Gasteiger partial charge in [-0.05, 0) is 31.9 Å². The van der Waals surface area contributed by atoms with Crippen LogP contribution < -0.4 is 16.8 Å². The minimum absolute atomic E-state index is 0.0244. The van der Waals surface area contributed by atoms with Crippen molar-refractivity contribution in [2.75, 3.05) is 13.1 Å². The molecule has 0 aliphatic carbocycles. The third-order valence-electron chi connectivity index (χ3n) is 4.19. The molecule has 150 valence electrons. The number of amides is 1. The van der Waals surface area contributed by atoms with Crippen LogP contribution in [0.5, 0.6) is 11.5 Å². The van der Waals surface area contributed by atoms with Crippen molar-refractivity contribution in [1.82, 2.24) is 5.32 Å². The summed E-state index contributed by atoms with van der Waals surface area (Å²) in [5, 5.41) is 30.5. The second-order valence-electron chi connectivity index (χ2n) is 6.49. The number of carboxylic acids is 1. The van der Waals surface area contributed by atoms with Gasteiger partial charge in [-0.1, -0.05) is 6.07 Å². The SMILES string of the molecule is NCCC(=O)C(N)(CCCCNC(=O)Cc1ccc(O)cc1O)CC(=O)O. The Hall–Kier alpha value is -2.65. The van der Waals surface area contributed by atoms with E-state index in [1.807, 2.05) is 0 Å². The van der Waals surface area contributed by atoms with E-state index in [0.717, 1.165) is 6.07 Å². The van der Waals surface area contributed by atoms with Gasteiger partial charge in [-0.3, -0.25) is 14.4 Å². The minimum Gasteiger partial charge on any atom is -0.508 e. The summed E-state index contributed by atoms with van der Waals surface area (Å²) in [5.74, 6) is -2.08. The number of ketones is 1. The highest BCUT2D eigenvalue weighted by Crippen LogP contribution is 2.23. The van der Waals surface area contributed by atoms with Crippen molar-refractivity contribution in [2.45, 2.75) is 44.1 Å². The standard InChI is InChI=1S/C18H27N3O6/c19-7-5-15(24)18(20,11-17(26)27)6-1-2-8-21-16(25)9-12-3-4-13(22)10-14(12)23/h3-4,10,22-23H,1-2,5-9,11,19-20H2,(H,21,25)(H,26,27). The first kappa shape index (κ1) is 22.4. The number of carboxylic acid groups (broad SMARTS) is 1. The lowest BCUT2D eigenvalue weighted by Gasteiger charge is -2.26. The number of phenols is 2. The van der Waals surface area contributed by atoms with Gasteiger partial charge >= 0.3 is 5.97 Å². The first-order chi connectivity index (χ1) is 12.7. The number of hydrogen-bond donors (Lipinski definition) is 6. The summed E-state index contributed by atoms with van der Waals surface area (Å²) in [6.45, 7) is 0.434. The fraction of sp³-hybridized carbons (Fsp3) is 0.500. The van der Waals surface area contributed by atoms with Gasteiger partial charge in [0.05, 0.1) is 18.4 Å². The Morgan fingerprint density at radius 2 is 1.85 bits per heavy atom. The van der Waals surface area contributed by atoms with E-state index in [1.54, 1.807) is 0 Å². The van der Waals surface area contributed by atoms with Gasteiger partial charge in [-0.2, -0.15) is 0 Å². The second-order valence-corrected chi connectivity index (χ2v) is 6.49. The number of aromatic hydroxyl groups is 2. The summed E-state index contributed by atoms with van der Waals surface area (Å²) in [6.07, 6.45) is 0.690. The van der Waals surface area contributed by atoms with E-state index in [2.05, 4.69) is 5.32 Å². The third kappa shape index (κ3) is 7.63. The molecule has 0 saturated carbocycles. The predicted octanol–water partition coefficient (Wildman–Crippen LogP) is 0.0169. The van der Waals surface area contributed by atoms with Crippen LogP contribution in [0, 0.1) is 0 Å². The molecule has 1 atom stereocenters. The number of aliphatic carboxylic acids is 1. The quantitative estimate of drug-likeness (QED) is 0.274. The molecule has 1 unspecified atom stereocenters. The van der Waals surface area contributed by atoms with Crippen LogP contribution >= 0.6 is 0 Å². The van der Waals surface area contributed by atoms with Gasteiger partial charge < -0.3 is 32.1 Å². The number of phenolic OH excluding ortho intramolecular Hbond substituents is 2. The van der Waals surface area contributed by atoms with Crippen molar-refractivity contribution < 1.29 is 29.7 Å². The molecule has 0 radical (unpaired) electrons. The summed E-state index contributed by atoms with van der Waals surface area (Å²) in [5.41, 5.74) is 10.3. The van der Waals surface area contributed by atoms with Crippen LogP contribution in [0.1, 0.15) is 37.7 Å². The fourth-order valence-electron chi connectivity index (χ4n) is 2.71. The molecule has 0 heterocycles. The summed E-state index contributed by atoms with van der Waals surface area (Å²) < 4.78 is 0. The van der Waals surface area contributed by atoms with Crippen molar-refractivity contribution in [1.29, 1.82) is 0 Å². The van der Waals surface area contributed by atoms with Crippen LogP contribution in [-0.2, 0) is 20.8 Å². The summed E-state index contributed by atoms with van der Waals surface area (Å²) in [6, 6.07) is 4.00. The predicted molar refractivity (Wildman–Crippen MR) is 98.2 cm³/mol. The van der Waals surface area contributed by atoms with E-state index < -0.39 is 17.9 Å². The lowest BCUT2D eigenvalue weighted by atomic mass is 9.84. The maximum atomic E-state index is 12.1. The summed E-state index contributed by atoms with van der Waals surface area (Å²) in [4.78, 5) is 34.9. The third-order valence-corrected chi connectivity index (χ3v) is 4.19. The summed E-state index contributed by atoms with van der Waals surface area (Å²) in [7, 11) is 0. The van der Waals surface area contributed by atoms with Gasteiger partial charge in [0, 0.05) is 24.6 Å². The van der Waals surface area contributed by atoms with E-state index in [-0.39, 0.29) is 49.0 Å². The second kappa shape index (κ2) is 10.5. The molecule has 0 aliphatic heterocycles. The number of benzene rings is 1. The number of nitrogens with two attached hydrogens (primary N) is 2. The van der Waals surface area contributed by atoms with Crippen LogP contribution in [0.15, 0.2) is 18.2 Å². The number of Topliss-reactive ketones (excluding diaryl/α,β-unsaturated/α-hetero) is 1. The molecule has 9 heteroatoms. The Balaban J connectivity index is 2.41. The van der Waals surface area contributed by atoms with Crippen LogP contribution in [0.3, 0.4) is 0 Å². The highest BCUT2D eigenvalue weighted by molar-refractivity contribution is 5.92. The molecule has 8 N–H and O–H groups in total. The van der Waals surface area contributed by atoms with Gasteiger partial charge in [0.1, 0.15) is 11.5 Å². The Labute approximate surface area is 157 Å². The van der Waals surface area contributed by atoms with Crippen molar-refractivity contribution in [3.8, 4) is 11.5 Å². The average Bonchev–Trinajstić information content (AvgIpc) is 2.56. The Bertz CT molecular complexity index is 679. The monoisotopic (exact) mass is 381 g/mol. The molecule has 27 heavy (non-hydrogen) atoms. The molecule has 0 saturated heterocycles. The van der Waals surface area contributed by atoms with Gasteiger partial charge in [-0.15, -0.1) is 0 Å². The molecule has 1 amide bonds. The van der Waals surface area contributed by atoms with Gasteiger partial charge in [0.2, 0.25) is 5.91 Å². The van der Waals surface area contributed by atoms with Gasteiger partial charge in [-0.25, -0.2) is 0 Å². The Kier molecular flexibility index (Phi) is 8.70. The molecule has 1 aromatic carbocycles. The number of unbranched alkanes of at least 4 members (excludes halogenated alkanes) is 1. The average molecular weight is 381 g/mol. The molecule has 1 aromatic rings. The van der Waals surface area contributed by atoms with E-state index in [1.165, 1.54) is 12.1 Å². The maximum absolute atomic E-state index is 12.1. The molecule has 0 aromatic heterocycles. The van der Waals surface area contributed by atoms with E-state index in [9.17, 15) is 24.6 Å². The maximum Gasteiger partial charge on any atom is 0.305 e. The minimum atomic E-state index is -1.45. The summed E-state index contributed by atoms with van der Waals surface area (Å²) >= 11 is 0. The van der Waals surface area contributed by atoms with Gasteiger partial charge in [0.15, 0.2) is 5.78 Å². The molecule has 0 fully saturated rings. The highest BCUT2D eigenvalue weighted by Gasteiger charge is 2.34. The van der Waals surface area contributed by atoms with Crippen molar-refractivity contribution >= 4 is 17.7 Å². The number of rotatable bonds is 12. The number of hydrogen-bond acceptors (Lipinski definition) is 7. The smallest absolute Gasteiger partial charge is 0.305 e. The largest absolute Gasteiger partial charge is 0.508 e. The van der Waals surface area contributed by atoms with E-state index >= 15 is 0 Å². The lowest BCUT2D eigenvalue weighted by Crippen LogP contribution is -2.50. The van der Waals surface area contributed by atoms with Crippen molar-refractivity contribution in [3.05, 3.63) is 23.8 Å². The van der Waals surface area contributed by atoms with Crippen molar-refractivity contribution in [3.63, 3.8) is 0 Å². The molecule has 9 nitrogen and oxygen atoms in total. The topological polar surface area (TPSA) is 176 Å². The van der Waals surface area contributed by atoms with Crippen LogP contribution in [-0.4, -0.2) is 51.6 Å². The van der Waals surface area contributed by atoms with Crippen LogP contribution in [0.2, 0.25) is 0 Å². The van der Waals surface area contributed by atoms with Crippen LogP contribution in [0.4, 0.5) is 0 Å². The van der Waals surface area contributed by atoms with Crippen LogP contribution in [0.25, 0.3) is 0 Å². The first-order valence-corrected chi connectivity index (χ1v) is 8.69. The number of carbonyl (C=O) groups excluding carboxylic acids is 2. The number of nitrogens with one attached hydrogen (secondary N) is 1. The molecule has 1 rings (SSSR count). The molecular formula is C18H27N3O6. The number of carbonyl (C=O) groups is 3. The van der Waals surface area contributed by atoms with E-state index in [0.29, 0.717) is 24.9 Å². The Morgan fingerprint density at radius 1 is 1.15 bits per heavy atom. The molecule has 0 bridgehead atoms. The zero-order valence-electron chi connectivity index (χ0n) is 15.1. The normalized spacial score (nSPS) is 13.0. The lowest BCUT2D eigenvalue weighted by molar-refractivity contribution is -0.141. The Morgan fingerprint density at radius 3 is 2.44 bits per heavy atom.